The van der Waals surface area contributed by atoms with Crippen LogP contribution in [0, 0.1) is 0 Å². The van der Waals surface area contributed by atoms with Crippen molar-refractivity contribution in [2.24, 2.45) is 0 Å². The molecule has 0 bridgehead atoms. The van der Waals surface area contributed by atoms with E-state index in [9.17, 15) is 9.59 Å². The zero-order chi connectivity index (χ0) is 15.1. The van der Waals surface area contributed by atoms with Gasteiger partial charge in [0.05, 0.1) is 6.54 Å². The molecule has 0 saturated carbocycles. The van der Waals surface area contributed by atoms with Gasteiger partial charge in [-0.15, -0.1) is 0 Å². The van der Waals surface area contributed by atoms with Gasteiger partial charge in [0.1, 0.15) is 0 Å². The molecule has 0 radical (unpaired) electrons. The van der Waals surface area contributed by atoms with Crippen LogP contribution in [0.1, 0.15) is 12.8 Å². The van der Waals surface area contributed by atoms with Crippen molar-refractivity contribution in [2.75, 3.05) is 32.0 Å². The van der Waals surface area contributed by atoms with E-state index in [-0.39, 0.29) is 12.5 Å². The molecule has 1 fully saturated rings. The van der Waals surface area contributed by atoms with Gasteiger partial charge >= 0.3 is 6.03 Å². The summed E-state index contributed by atoms with van der Waals surface area (Å²) in [5, 5.41) is 8.21. The molecule has 6 heteroatoms. The number of piperidine rings is 1. The van der Waals surface area contributed by atoms with E-state index in [1.807, 2.05) is 25.2 Å². The van der Waals surface area contributed by atoms with Crippen LogP contribution in [0.4, 0.5) is 10.5 Å². The number of benzene rings is 1. The van der Waals surface area contributed by atoms with Crippen molar-refractivity contribution in [3.05, 3.63) is 30.3 Å². The highest BCUT2D eigenvalue weighted by molar-refractivity contribution is 6.01. The van der Waals surface area contributed by atoms with Gasteiger partial charge in [-0.3, -0.25) is 15.0 Å². The van der Waals surface area contributed by atoms with Crippen LogP contribution >= 0.6 is 0 Å². The standard InChI is InChI=1S/C15H22N4O2/c1-16-13-8-5-9-19(10-13)11-14(20)18-15(21)17-12-6-3-2-4-7-12/h2-4,6-7,13,16H,5,8-11H2,1H3,(H2,17,18,20,21). The largest absolute Gasteiger partial charge is 0.325 e. The molecular formula is C15H22N4O2. The molecule has 1 aromatic carbocycles. The van der Waals surface area contributed by atoms with Crippen LogP contribution in [-0.4, -0.2) is 49.6 Å². The van der Waals surface area contributed by atoms with Gasteiger partial charge in [0, 0.05) is 18.3 Å². The second kappa shape index (κ2) is 7.75. The highest BCUT2D eigenvalue weighted by Gasteiger charge is 2.20. The SMILES string of the molecule is CNC1CCCN(CC(=O)NC(=O)Nc2ccccc2)C1. The summed E-state index contributed by atoms with van der Waals surface area (Å²) in [6, 6.07) is 8.98. The maximum Gasteiger partial charge on any atom is 0.325 e. The lowest BCUT2D eigenvalue weighted by Gasteiger charge is -2.31. The minimum atomic E-state index is -0.492. The summed E-state index contributed by atoms with van der Waals surface area (Å²) in [5.41, 5.74) is 0.663. The van der Waals surface area contributed by atoms with E-state index in [1.54, 1.807) is 12.1 Å². The van der Waals surface area contributed by atoms with Crippen molar-refractivity contribution in [3.63, 3.8) is 0 Å². The second-order valence-electron chi connectivity index (χ2n) is 5.23. The number of anilines is 1. The number of nitrogens with zero attached hydrogens (tertiary/aromatic N) is 1. The Balaban J connectivity index is 1.75. The van der Waals surface area contributed by atoms with Crippen molar-refractivity contribution in [3.8, 4) is 0 Å². The number of amides is 3. The minimum absolute atomic E-state index is 0.250. The Bertz CT molecular complexity index is 478. The van der Waals surface area contributed by atoms with E-state index in [0.717, 1.165) is 25.9 Å². The maximum atomic E-state index is 11.9. The third-order valence-electron chi connectivity index (χ3n) is 3.57. The lowest BCUT2D eigenvalue weighted by Crippen LogP contribution is -2.49. The Hall–Kier alpha value is -1.92. The molecule has 1 atom stereocenters. The molecule has 1 aliphatic heterocycles. The Kier molecular flexibility index (Phi) is 5.71. The molecular weight excluding hydrogens is 268 g/mol. The highest BCUT2D eigenvalue weighted by atomic mass is 16.2. The molecule has 1 heterocycles. The summed E-state index contributed by atoms with van der Waals surface area (Å²) < 4.78 is 0. The summed E-state index contributed by atoms with van der Waals surface area (Å²) in [6.07, 6.45) is 2.19. The molecule has 0 aliphatic carbocycles. The van der Waals surface area contributed by atoms with Gasteiger partial charge in [0.15, 0.2) is 0 Å². The molecule has 1 aromatic rings. The van der Waals surface area contributed by atoms with Crippen molar-refractivity contribution in [1.82, 2.24) is 15.5 Å². The molecule has 21 heavy (non-hydrogen) atoms. The van der Waals surface area contributed by atoms with Crippen LogP contribution in [0.5, 0.6) is 0 Å². The summed E-state index contributed by atoms with van der Waals surface area (Å²) in [5.74, 6) is -0.278. The number of carbonyl (C=O) groups is 2. The first-order chi connectivity index (χ1) is 10.2. The number of hydrogen-bond acceptors (Lipinski definition) is 4. The van der Waals surface area contributed by atoms with E-state index in [4.69, 9.17) is 0 Å². The molecule has 3 amide bonds. The zero-order valence-electron chi connectivity index (χ0n) is 12.3. The number of likely N-dealkylation sites (N-methyl/N-ethyl adjacent to an activating group) is 1. The lowest BCUT2D eigenvalue weighted by molar-refractivity contribution is -0.121. The predicted octanol–water partition coefficient (Wildman–Crippen LogP) is 1.02. The van der Waals surface area contributed by atoms with E-state index < -0.39 is 6.03 Å². The second-order valence-corrected chi connectivity index (χ2v) is 5.23. The number of hydrogen-bond donors (Lipinski definition) is 3. The molecule has 0 spiro atoms. The quantitative estimate of drug-likeness (QED) is 0.774. The third-order valence-corrected chi connectivity index (χ3v) is 3.57. The normalized spacial score (nSPS) is 19.0. The van der Waals surface area contributed by atoms with Crippen LogP contribution < -0.4 is 16.0 Å². The Morgan fingerprint density at radius 1 is 1.29 bits per heavy atom. The number of carbonyl (C=O) groups excluding carboxylic acids is 2. The fourth-order valence-electron chi connectivity index (χ4n) is 2.49. The topological polar surface area (TPSA) is 73.5 Å². The van der Waals surface area contributed by atoms with Crippen LogP contribution in [0.2, 0.25) is 0 Å². The fraction of sp³-hybridized carbons (Fsp3) is 0.467. The van der Waals surface area contributed by atoms with Gasteiger partial charge in [0.25, 0.3) is 0 Å². The van der Waals surface area contributed by atoms with Gasteiger partial charge < -0.3 is 10.6 Å². The van der Waals surface area contributed by atoms with Crippen molar-refractivity contribution >= 4 is 17.6 Å². The van der Waals surface area contributed by atoms with Gasteiger partial charge in [-0.1, -0.05) is 18.2 Å². The Labute approximate surface area is 124 Å². The average molecular weight is 290 g/mol. The Morgan fingerprint density at radius 2 is 2.05 bits per heavy atom. The van der Waals surface area contributed by atoms with Crippen molar-refractivity contribution in [2.45, 2.75) is 18.9 Å². The van der Waals surface area contributed by atoms with Crippen LogP contribution in [-0.2, 0) is 4.79 Å². The minimum Gasteiger partial charge on any atom is -0.316 e. The summed E-state index contributed by atoms with van der Waals surface area (Å²) in [6.45, 7) is 1.98. The molecule has 2 rings (SSSR count). The smallest absolute Gasteiger partial charge is 0.316 e. The van der Waals surface area contributed by atoms with Gasteiger partial charge in [0.2, 0.25) is 5.91 Å². The molecule has 6 nitrogen and oxygen atoms in total. The Morgan fingerprint density at radius 3 is 2.76 bits per heavy atom. The molecule has 3 N–H and O–H groups in total. The molecule has 114 valence electrons. The van der Waals surface area contributed by atoms with Crippen molar-refractivity contribution < 1.29 is 9.59 Å². The van der Waals surface area contributed by atoms with Gasteiger partial charge in [-0.25, -0.2) is 4.79 Å². The molecule has 1 unspecified atom stereocenters. The number of likely N-dealkylation sites (tertiary alicyclic amines) is 1. The number of nitrogens with one attached hydrogen (secondary N) is 3. The first-order valence-corrected chi connectivity index (χ1v) is 7.23. The molecule has 0 aromatic heterocycles. The van der Waals surface area contributed by atoms with Crippen molar-refractivity contribution in [1.29, 1.82) is 0 Å². The third kappa shape index (κ3) is 5.17. The maximum absolute atomic E-state index is 11.9. The summed E-state index contributed by atoms with van der Waals surface area (Å²) >= 11 is 0. The highest BCUT2D eigenvalue weighted by Crippen LogP contribution is 2.09. The number of imide groups is 1. The number of para-hydroxylation sites is 1. The number of urea groups is 1. The van der Waals surface area contributed by atoms with Crippen LogP contribution in [0.3, 0.4) is 0 Å². The van der Waals surface area contributed by atoms with E-state index in [0.29, 0.717) is 11.7 Å². The lowest BCUT2D eigenvalue weighted by atomic mass is 10.1. The van der Waals surface area contributed by atoms with Gasteiger partial charge in [-0.05, 0) is 38.6 Å². The van der Waals surface area contributed by atoms with E-state index in [1.165, 1.54) is 0 Å². The average Bonchev–Trinajstić information content (AvgIpc) is 2.48. The van der Waals surface area contributed by atoms with Gasteiger partial charge in [-0.2, -0.15) is 0 Å². The molecule has 1 saturated heterocycles. The zero-order valence-corrected chi connectivity index (χ0v) is 12.3. The van der Waals surface area contributed by atoms with Crippen LogP contribution in [0.25, 0.3) is 0 Å². The fourth-order valence-corrected chi connectivity index (χ4v) is 2.49. The van der Waals surface area contributed by atoms with E-state index in [2.05, 4.69) is 20.9 Å². The monoisotopic (exact) mass is 290 g/mol. The van der Waals surface area contributed by atoms with E-state index >= 15 is 0 Å². The number of rotatable bonds is 4. The summed E-state index contributed by atoms with van der Waals surface area (Å²) in [7, 11) is 1.93. The first-order valence-electron chi connectivity index (χ1n) is 7.23. The molecule has 1 aliphatic rings. The predicted molar refractivity (Wildman–Crippen MR) is 82.1 cm³/mol. The van der Waals surface area contributed by atoms with Crippen LogP contribution in [0.15, 0.2) is 30.3 Å². The first kappa shape index (κ1) is 15.5. The summed E-state index contributed by atoms with van der Waals surface area (Å²) in [4.78, 5) is 25.6.